The van der Waals surface area contributed by atoms with Crippen LogP contribution in [0.5, 0.6) is 0 Å². The molecule has 1 fully saturated rings. The molecular formula is C23H31N5OS. The molecule has 1 saturated heterocycles. The molecule has 0 aliphatic carbocycles. The van der Waals surface area contributed by atoms with Crippen molar-refractivity contribution in [2.75, 3.05) is 31.1 Å². The van der Waals surface area contributed by atoms with E-state index in [2.05, 4.69) is 58.7 Å². The Morgan fingerprint density at radius 1 is 1.33 bits per heavy atom. The average molecular weight is 426 g/mol. The van der Waals surface area contributed by atoms with Crippen LogP contribution in [0.25, 0.3) is 0 Å². The summed E-state index contributed by atoms with van der Waals surface area (Å²) in [4.78, 5) is 25.9. The number of nitrogens with one attached hydrogen (secondary N) is 1. The Morgan fingerprint density at radius 3 is 2.93 bits per heavy atom. The predicted molar refractivity (Wildman–Crippen MR) is 123 cm³/mol. The first-order valence-electron chi connectivity index (χ1n) is 11.1. The van der Waals surface area contributed by atoms with Gasteiger partial charge in [-0.1, -0.05) is 25.1 Å². The van der Waals surface area contributed by atoms with E-state index in [4.69, 9.17) is 4.99 Å². The molecule has 1 aromatic carbocycles. The minimum absolute atomic E-state index is 0.308. The number of likely N-dealkylation sites (tertiary alicyclic amines) is 1. The molecule has 160 valence electrons. The van der Waals surface area contributed by atoms with Crippen molar-refractivity contribution >= 4 is 28.9 Å². The van der Waals surface area contributed by atoms with Crippen LogP contribution in [0.4, 0.5) is 5.69 Å². The molecule has 2 aliphatic rings. The van der Waals surface area contributed by atoms with Crippen molar-refractivity contribution in [1.82, 2.24) is 15.2 Å². The van der Waals surface area contributed by atoms with Crippen LogP contribution in [-0.4, -0.2) is 47.9 Å². The van der Waals surface area contributed by atoms with Crippen LogP contribution in [0.15, 0.2) is 34.6 Å². The Morgan fingerprint density at radius 2 is 2.20 bits per heavy atom. The van der Waals surface area contributed by atoms with Crippen molar-refractivity contribution in [2.45, 2.75) is 52.0 Å². The molecule has 1 aromatic heterocycles. The number of para-hydroxylation sites is 1. The lowest BCUT2D eigenvalue weighted by atomic mass is 9.98. The Balaban J connectivity index is 1.50. The van der Waals surface area contributed by atoms with E-state index < -0.39 is 0 Å². The average Bonchev–Trinajstić information content (AvgIpc) is 3.48. The number of hydrogen-bond acceptors (Lipinski definition) is 4. The van der Waals surface area contributed by atoms with Crippen LogP contribution in [-0.2, 0) is 17.8 Å². The highest BCUT2D eigenvalue weighted by Gasteiger charge is 2.32. The van der Waals surface area contributed by atoms with Gasteiger partial charge in [0, 0.05) is 49.6 Å². The molecule has 30 heavy (non-hydrogen) atoms. The van der Waals surface area contributed by atoms with Crippen molar-refractivity contribution in [2.24, 2.45) is 4.99 Å². The highest BCUT2D eigenvalue weighted by atomic mass is 32.1. The molecule has 0 bridgehead atoms. The molecule has 4 rings (SSSR count). The Labute approximate surface area is 183 Å². The number of nitrogens with zero attached hydrogens (tertiary/aromatic N) is 4. The van der Waals surface area contributed by atoms with E-state index in [1.54, 1.807) is 11.3 Å². The van der Waals surface area contributed by atoms with Gasteiger partial charge in [-0.3, -0.25) is 4.79 Å². The van der Waals surface area contributed by atoms with Gasteiger partial charge in [-0.05, 0) is 37.8 Å². The van der Waals surface area contributed by atoms with E-state index in [9.17, 15) is 4.79 Å². The molecule has 2 aromatic rings. The van der Waals surface area contributed by atoms with Crippen LogP contribution >= 0.6 is 11.3 Å². The first-order chi connectivity index (χ1) is 14.7. The maximum atomic E-state index is 12.0. The molecule has 1 N–H and O–H groups in total. The van der Waals surface area contributed by atoms with E-state index in [1.165, 1.54) is 11.3 Å². The first kappa shape index (κ1) is 20.8. The van der Waals surface area contributed by atoms with Crippen molar-refractivity contribution in [1.29, 1.82) is 0 Å². The number of guanidine groups is 1. The van der Waals surface area contributed by atoms with E-state index in [-0.39, 0.29) is 0 Å². The molecule has 6 nitrogen and oxygen atoms in total. The summed E-state index contributed by atoms with van der Waals surface area (Å²) in [5.74, 6) is 1.63. The molecule has 1 atom stereocenters. The van der Waals surface area contributed by atoms with Gasteiger partial charge in [-0.15, -0.1) is 11.3 Å². The maximum absolute atomic E-state index is 12.0. The van der Waals surface area contributed by atoms with Crippen LogP contribution in [0.2, 0.25) is 0 Å². The summed E-state index contributed by atoms with van der Waals surface area (Å²) in [6.45, 7) is 8.29. The number of aliphatic imine (C=N–C) groups is 1. The molecule has 0 saturated carbocycles. The van der Waals surface area contributed by atoms with Gasteiger partial charge in [0.25, 0.3) is 0 Å². The lowest BCUT2D eigenvalue weighted by Gasteiger charge is -2.23. The van der Waals surface area contributed by atoms with Crippen LogP contribution in [0.1, 0.15) is 55.3 Å². The third-order valence-corrected chi connectivity index (χ3v) is 6.91. The molecule has 2 aliphatic heterocycles. The van der Waals surface area contributed by atoms with Gasteiger partial charge in [0.05, 0.1) is 17.2 Å². The predicted octanol–water partition coefficient (Wildman–Crippen LogP) is 3.79. The Hall–Kier alpha value is -2.41. The van der Waals surface area contributed by atoms with Gasteiger partial charge < -0.3 is 15.1 Å². The lowest BCUT2D eigenvalue weighted by molar-refractivity contribution is -0.127. The third-order valence-electron chi connectivity index (χ3n) is 5.87. The highest BCUT2D eigenvalue weighted by molar-refractivity contribution is 7.09. The number of benzene rings is 1. The van der Waals surface area contributed by atoms with E-state index in [0.717, 1.165) is 62.1 Å². The van der Waals surface area contributed by atoms with E-state index >= 15 is 0 Å². The fourth-order valence-electron chi connectivity index (χ4n) is 4.33. The van der Waals surface area contributed by atoms with Crippen LogP contribution in [0.3, 0.4) is 0 Å². The maximum Gasteiger partial charge on any atom is 0.222 e. The molecule has 0 spiro atoms. The fraction of sp³-hybridized carbons (Fsp3) is 0.522. The number of aryl methyl sites for hydroxylation is 1. The monoisotopic (exact) mass is 425 g/mol. The van der Waals surface area contributed by atoms with Gasteiger partial charge in [-0.25, -0.2) is 9.98 Å². The van der Waals surface area contributed by atoms with Gasteiger partial charge in [0.15, 0.2) is 5.96 Å². The molecule has 7 heteroatoms. The van der Waals surface area contributed by atoms with E-state index in [1.807, 2.05) is 4.90 Å². The van der Waals surface area contributed by atoms with Crippen molar-refractivity contribution in [3.05, 3.63) is 45.9 Å². The first-order valence-corrected chi connectivity index (χ1v) is 11.9. The second kappa shape index (κ2) is 9.60. The van der Waals surface area contributed by atoms with Gasteiger partial charge >= 0.3 is 0 Å². The molecule has 3 heterocycles. The second-order valence-electron chi connectivity index (χ2n) is 7.90. The minimum Gasteiger partial charge on any atom is -0.356 e. The number of carbonyl (C=O) groups is 1. The summed E-state index contributed by atoms with van der Waals surface area (Å²) in [7, 11) is 0. The fourth-order valence-corrected chi connectivity index (χ4v) is 5.07. The number of carbonyl (C=O) groups excluding carboxylic acids is 1. The smallest absolute Gasteiger partial charge is 0.222 e. The van der Waals surface area contributed by atoms with Crippen molar-refractivity contribution in [3.63, 3.8) is 0 Å². The summed E-state index contributed by atoms with van der Waals surface area (Å²) in [6, 6.07) is 8.61. The summed E-state index contributed by atoms with van der Waals surface area (Å²) < 4.78 is 0. The largest absolute Gasteiger partial charge is 0.356 e. The number of aromatic nitrogens is 1. The summed E-state index contributed by atoms with van der Waals surface area (Å²) in [5, 5.41) is 6.74. The number of thiazole rings is 1. The Bertz CT molecular complexity index is 909. The molecule has 0 radical (unpaired) electrons. The number of rotatable bonds is 7. The zero-order valence-corrected chi connectivity index (χ0v) is 18.7. The number of hydrogen-bond donors (Lipinski definition) is 1. The number of amides is 1. The van der Waals surface area contributed by atoms with E-state index in [0.29, 0.717) is 24.8 Å². The molecular weight excluding hydrogens is 394 g/mol. The molecule has 1 amide bonds. The van der Waals surface area contributed by atoms with Crippen molar-refractivity contribution < 1.29 is 4.79 Å². The topological polar surface area (TPSA) is 60.8 Å². The minimum atomic E-state index is 0.308. The third kappa shape index (κ3) is 4.51. The zero-order valence-electron chi connectivity index (χ0n) is 17.9. The standard InChI is InChI=1S/C23H31N5OS/c1-3-21-26-18(16-30-21)14-25-23(24-4-2)28-15-17(19-8-5-6-9-20(19)28)11-13-27-12-7-10-22(27)29/h5-6,8-9,16-17H,3-4,7,10-15H2,1-2H3,(H,24,25). The normalized spacial score (nSPS) is 18.9. The second-order valence-corrected chi connectivity index (χ2v) is 8.84. The number of anilines is 1. The lowest BCUT2D eigenvalue weighted by Crippen LogP contribution is -2.41. The van der Waals surface area contributed by atoms with Crippen LogP contribution in [0, 0.1) is 0 Å². The Kier molecular flexibility index (Phi) is 6.67. The highest BCUT2D eigenvalue weighted by Crippen LogP contribution is 2.38. The molecule has 1 unspecified atom stereocenters. The summed E-state index contributed by atoms with van der Waals surface area (Å²) >= 11 is 1.71. The summed E-state index contributed by atoms with van der Waals surface area (Å²) in [6.07, 6.45) is 3.67. The number of fused-ring (bicyclic) bond motifs is 1. The zero-order chi connectivity index (χ0) is 20.9. The van der Waals surface area contributed by atoms with Crippen LogP contribution < -0.4 is 10.2 Å². The van der Waals surface area contributed by atoms with Gasteiger partial charge in [0.2, 0.25) is 5.91 Å². The van der Waals surface area contributed by atoms with Crippen molar-refractivity contribution in [3.8, 4) is 0 Å². The SMILES string of the molecule is CCNC(=NCc1csc(CC)n1)N1CC(CCN2CCCC2=O)c2ccccc21. The quantitative estimate of drug-likeness (QED) is 0.542. The summed E-state index contributed by atoms with van der Waals surface area (Å²) in [5.41, 5.74) is 3.61. The van der Waals surface area contributed by atoms with Gasteiger partial charge in [-0.2, -0.15) is 0 Å². The van der Waals surface area contributed by atoms with Gasteiger partial charge in [0.1, 0.15) is 0 Å².